The first kappa shape index (κ1) is 12.9. The molecule has 0 saturated carbocycles. The molecule has 3 nitrogen and oxygen atoms in total. The monoisotopic (exact) mass is 267 g/mol. The van der Waals surface area contributed by atoms with Crippen LogP contribution in [0.1, 0.15) is 21.5 Å². The second kappa shape index (κ2) is 5.10. The standard InChI is InChI=1S/C17H17NO2/c19-12-17(10-13-6-2-1-3-7-13)11-14-8-4-5-9-15(14)16(20)18-17/h1-9,19H,10-12H2,(H,18,20). The molecule has 0 radical (unpaired) electrons. The Kier molecular flexibility index (Phi) is 3.28. The van der Waals surface area contributed by atoms with Crippen LogP contribution in [0, 0.1) is 0 Å². The van der Waals surface area contributed by atoms with Gasteiger partial charge in [0.1, 0.15) is 0 Å². The van der Waals surface area contributed by atoms with Crippen molar-refractivity contribution in [3.63, 3.8) is 0 Å². The van der Waals surface area contributed by atoms with Gasteiger partial charge < -0.3 is 10.4 Å². The van der Waals surface area contributed by atoms with Crippen molar-refractivity contribution in [2.45, 2.75) is 18.4 Å². The molecular formula is C17H17NO2. The van der Waals surface area contributed by atoms with Crippen LogP contribution in [0.4, 0.5) is 0 Å². The van der Waals surface area contributed by atoms with Crippen molar-refractivity contribution in [1.82, 2.24) is 5.32 Å². The van der Waals surface area contributed by atoms with E-state index in [0.29, 0.717) is 18.4 Å². The summed E-state index contributed by atoms with van der Waals surface area (Å²) in [7, 11) is 0. The molecule has 0 spiro atoms. The molecule has 0 fully saturated rings. The molecule has 1 atom stereocenters. The third kappa shape index (κ3) is 2.32. The molecule has 3 rings (SSSR count). The third-order valence-electron chi connectivity index (χ3n) is 3.86. The summed E-state index contributed by atoms with van der Waals surface area (Å²) in [4.78, 5) is 12.2. The lowest BCUT2D eigenvalue weighted by atomic mass is 9.80. The predicted octanol–water partition coefficient (Wildman–Crippen LogP) is 1.95. The van der Waals surface area contributed by atoms with E-state index in [2.05, 4.69) is 5.32 Å². The Morgan fingerprint density at radius 1 is 1.05 bits per heavy atom. The number of rotatable bonds is 3. The highest BCUT2D eigenvalue weighted by atomic mass is 16.3. The Labute approximate surface area is 118 Å². The summed E-state index contributed by atoms with van der Waals surface area (Å²) in [5.41, 5.74) is 2.22. The molecule has 0 aliphatic carbocycles. The van der Waals surface area contributed by atoms with E-state index in [1.165, 1.54) is 0 Å². The minimum atomic E-state index is -0.604. The van der Waals surface area contributed by atoms with E-state index >= 15 is 0 Å². The molecule has 2 N–H and O–H groups in total. The van der Waals surface area contributed by atoms with Crippen molar-refractivity contribution in [1.29, 1.82) is 0 Å². The molecule has 1 unspecified atom stereocenters. The lowest BCUT2D eigenvalue weighted by molar-refractivity contribution is 0.0801. The number of nitrogens with one attached hydrogen (secondary N) is 1. The largest absolute Gasteiger partial charge is 0.394 e. The molecule has 2 aromatic carbocycles. The van der Waals surface area contributed by atoms with E-state index < -0.39 is 5.54 Å². The van der Waals surface area contributed by atoms with Crippen LogP contribution < -0.4 is 5.32 Å². The number of amides is 1. The van der Waals surface area contributed by atoms with Crippen LogP contribution in [0.2, 0.25) is 0 Å². The number of hydrogen-bond donors (Lipinski definition) is 2. The maximum absolute atomic E-state index is 12.2. The maximum Gasteiger partial charge on any atom is 0.252 e. The Morgan fingerprint density at radius 3 is 2.50 bits per heavy atom. The Morgan fingerprint density at radius 2 is 1.75 bits per heavy atom. The minimum absolute atomic E-state index is 0.0675. The number of benzene rings is 2. The summed E-state index contributed by atoms with van der Waals surface area (Å²) in [6, 6.07) is 17.5. The zero-order valence-corrected chi connectivity index (χ0v) is 11.2. The van der Waals surface area contributed by atoms with Gasteiger partial charge in [-0.25, -0.2) is 0 Å². The van der Waals surface area contributed by atoms with Crippen LogP contribution in [-0.2, 0) is 12.8 Å². The topological polar surface area (TPSA) is 49.3 Å². The molecule has 1 heterocycles. The van der Waals surface area contributed by atoms with Gasteiger partial charge in [-0.05, 0) is 30.0 Å². The zero-order valence-electron chi connectivity index (χ0n) is 11.2. The highest BCUT2D eigenvalue weighted by Crippen LogP contribution is 2.26. The molecule has 0 saturated heterocycles. The molecule has 102 valence electrons. The fourth-order valence-corrected chi connectivity index (χ4v) is 2.86. The molecular weight excluding hydrogens is 250 g/mol. The van der Waals surface area contributed by atoms with Crippen molar-refractivity contribution in [2.24, 2.45) is 0 Å². The van der Waals surface area contributed by atoms with Crippen LogP contribution >= 0.6 is 0 Å². The average Bonchev–Trinajstić information content (AvgIpc) is 2.48. The molecule has 1 aliphatic heterocycles. The predicted molar refractivity (Wildman–Crippen MR) is 77.6 cm³/mol. The number of hydrogen-bond acceptors (Lipinski definition) is 2. The third-order valence-corrected chi connectivity index (χ3v) is 3.86. The summed E-state index contributed by atoms with van der Waals surface area (Å²) in [5, 5.41) is 12.8. The minimum Gasteiger partial charge on any atom is -0.394 e. The molecule has 3 heteroatoms. The van der Waals surface area contributed by atoms with Gasteiger partial charge in [0.2, 0.25) is 0 Å². The summed E-state index contributed by atoms with van der Waals surface area (Å²) in [5.74, 6) is -0.100. The number of aliphatic hydroxyl groups is 1. The Bertz CT molecular complexity index is 624. The van der Waals surface area contributed by atoms with Gasteiger partial charge in [-0.2, -0.15) is 0 Å². The van der Waals surface area contributed by atoms with Crippen LogP contribution in [0.25, 0.3) is 0 Å². The van der Waals surface area contributed by atoms with Crippen molar-refractivity contribution in [2.75, 3.05) is 6.61 Å². The first-order valence-electron chi connectivity index (χ1n) is 6.78. The maximum atomic E-state index is 12.2. The molecule has 1 amide bonds. The summed E-state index contributed by atoms with van der Waals surface area (Å²) < 4.78 is 0. The van der Waals surface area contributed by atoms with Gasteiger partial charge in [0.15, 0.2) is 0 Å². The van der Waals surface area contributed by atoms with Crippen LogP contribution in [0.5, 0.6) is 0 Å². The van der Waals surface area contributed by atoms with Gasteiger partial charge in [-0.1, -0.05) is 48.5 Å². The number of fused-ring (bicyclic) bond motifs is 1. The van der Waals surface area contributed by atoms with Gasteiger partial charge >= 0.3 is 0 Å². The van der Waals surface area contributed by atoms with Crippen LogP contribution in [-0.4, -0.2) is 23.2 Å². The second-order valence-corrected chi connectivity index (χ2v) is 5.39. The van der Waals surface area contributed by atoms with E-state index in [0.717, 1.165) is 11.1 Å². The first-order valence-corrected chi connectivity index (χ1v) is 6.78. The summed E-state index contributed by atoms with van der Waals surface area (Å²) in [6.07, 6.45) is 1.28. The Balaban J connectivity index is 1.93. The van der Waals surface area contributed by atoms with E-state index in [4.69, 9.17) is 0 Å². The highest BCUT2D eigenvalue weighted by molar-refractivity contribution is 5.97. The van der Waals surface area contributed by atoms with Crippen LogP contribution in [0.3, 0.4) is 0 Å². The van der Waals surface area contributed by atoms with Crippen molar-refractivity contribution in [3.8, 4) is 0 Å². The number of aliphatic hydroxyl groups excluding tert-OH is 1. The lowest BCUT2D eigenvalue weighted by Crippen LogP contribution is -2.57. The van der Waals surface area contributed by atoms with Gasteiger partial charge in [0.05, 0.1) is 12.1 Å². The Hall–Kier alpha value is -2.13. The van der Waals surface area contributed by atoms with E-state index in [-0.39, 0.29) is 12.5 Å². The van der Waals surface area contributed by atoms with Gasteiger partial charge in [0.25, 0.3) is 5.91 Å². The number of carbonyl (C=O) groups excluding carboxylic acids is 1. The quantitative estimate of drug-likeness (QED) is 0.893. The molecule has 20 heavy (non-hydrogen) atoms. The van der Waals surface area contributed by atoms with E-state index in [1.54, 1.807) is 0 Å². The second-order valence-electron chi connectivity index (χ2n) is 5.39. The van der Waals surface area contributed by atoms with E-state index in [1.807, 2.05) is 54.6 Å². The molecule has 0 bridgehead atoms. The summed E-state index contributed by atoms with van der Waals surface area (Å²) >= 11 is 0. The smallest absolute Gasteiger partial charge is 0.252 e. The highest BCUT2D eigenvalue weighted by Gasteiger charge is 2.37. The summed E-state index contributed by atoms with van der Waals surface area (Å²) in [6.45, 7) is -0.0675. The van der Waals surface area contributed by atoms with Gasteiger partial charge in [-0.3, -0.25) is 4.79 Å². The van der Waals surface area contributed by atoms with Crippen molar-refractivity contribution in [3.05, 3.63) is 71.3 Å². The number of carbonyl (C=O) groups is 1. The van der Waals surface area contributed by atoms with Crippen molar-refractivity contribution >= 4 is 5.91 Å². The lowest BCUT2D eigenvalue weighted by Gasteiger charge is -2.37. The molecule has 1 aliphatic rings. The first-order chi connectivity index (χ1) is 9.72. The fraction of sp³-hybridized carbons (Fsp3) is 0.235. The SMILES string of the molecule is O=C1NC(CO)(Cc2ccccc2)Cc2ccccc21. The molecule has 2 aromatic rings. The van der Waals surface area contributed by atoms with Gasteiger partial charge in [0, 0.05) is 5.56 Å². The fourth-order valence-electron chi connectivity index (χ4n) is 2.86. The van der Waals surface area contributed by atoms with Crippen LogP contribution in [0.15, 0.2) is 54.6 Å². The average molecular weight is 267 g/mol. The zero-order chi connectivity index (χ0) is 14.0. The van der Waals surface area contributed by atoms with E-state index in [9.17, 15) is 9.90 Å². The normalized spacial score (nSPS) is 21.1. The van der Waals surface area contributed by atoms with Crippen molar-refractivity contribution < 1.29 is 9.90 Å². The van der Waals surface area contributed by atoms with Gasteiger partial charge in [-0.15, -0.1) is 0 Å². The molecule has 0 aromatic heterocycles.